The van der Waals surface area contributed by atoms with E-state index < -0.39 is 0 Å². The molecule has 1 unspecified atom stereocenters. The first kappa shape index (κ1) is 23.7. The van der Waals surface area contributed by atoms with Gasteiger partial charge in [-0.1, -0.05) is 30.0 Å². The van der Waals surface area contributed by atoms with Gasteiger partial charge in [-0.05, 0) is 25.5 Å². The van der Waals surface area contributed by atoms with Gasteiger partial charge in [0.25, 0.3) is 0 Å². The summed E-state index contributed by atoms with van der Waals surface area (Å²) in [6, 6.07) is 8.03. The van der Waals surface area contributed by atoms with Crippen molar-refractivity contribution >= 4 is 62.0 Å². The molecule has 9 nitrogen and oxygen atoms in total. The lowest BCUT2D eigenvalue weighted by atomic mass is 10.0. The molecular formula is C24H27N6O3S2+. The minimum Gasteiger partial charge on any atom is -0.462 e. The number of aromatic nitrogens is 4. The van der Waals surface area contributed by atoms with Crippen molar-refractivity contribution in [3.8, 4) is 0 Å². The number of thiophene rings is 1. The van der Waals surface area contributed by atoms with Crippen LogP contribution in [0.5, 0.6) is 0 Å². The molecule has 1 aliphatic heterocycles. The van der Waals surface area contributed by atoms with E-state index in [1.165, 1.54) is 28.0 Å². The number of nitrogens with zero attached hydrogens (tertiary/aromatic N) is 4. The predicted octanol–water partition coefficient (Wildman–Crippen LogP) is 2.54. The quantitative estimate of drug-likeness (QED) is 0.290. The zero-order valence-corrected chi connectivity index (χ0v) is 21.5. The number of esters is 1. The third-order valence-corrected chi connectivity index (χ3v) is 8.08. The summed E-state index contributed by atoms with van der Waals surface area (Å²) in [5, 5.41) is 13.6. The van der Waals surface area contributed by atoms with E-state index in [9.17, 15) is 9.59 Å². The van der Waals surface area contributed by atoms with Crippen molar-refractivity contribution in [3.05, 3.63) is 40.3 Å². The van der Waals surface area contributed by atoms with E-state index in [2.05, 4.69) is 34.1 Å². The molecule has 0 bridgehead atoms. The molecule has 1 atom stereocenters. The van der Waals surface area contributed by atoms with Crippen LogP contribution in [0.1, 0.15) is 34.6 Å². The van der Waals surface area contributed by atoms with Crippen LogP contribution >= 0.6 is 23.1 Å². The second-order valence-corrected chi connectivity index (χ2v) is 10.5. The number of hydrogen-bond donors (Lipinski definition) is 2. The SMILES string of the molecule is CCOC(=O)c1c(NC(=O)CSc2nnc3c4ccccc4n(CC)c3n2)sc2c1CC[NH+](C)C2. The molecule has 1 aromatic carbocycles. The summed E-state index contributed by atoms with van der Waals surface area (Å²) < 4.78 is 7.39. The zero-order chi connectivity index (χ0) is 24.5. The predicted molar refractivity (Wildman–Crippen MR) is 137 cm³/mol. The molecule has 4 heterocycles. The van der Waals surface area contributed by atoms with Gasteiger partial charge in [-0.15, -0.1) is 21.5 Å². The molecule has 0 radical (unpaired) electrons. The number of fused-ring (bicyclic) bond motifs is 4. The number of quaternary nitrogens is 1. The summed E-state index contributed by atoms with van der Waals surface area (Å²) in [6.45, 7) is 6.67. The highest BCUT2D eigenvalue weighted by Gasteiger charge is 2.30. The smallest absolute Gasteiger partial charge is 0.341 e. The monoisotopic (exact) mass is 511 g/mol. The summed E-state index contributed by atoms with van der Waals surface area (Å²) in [7, 11) is 2.13. The molecule has 0 spiro atoms. The summed E-state index contributed by atoms with van der Waals surface area (Å²) in [5.74, 6) is -0.493. The Morgan fingerprint density at radius 1 is 1.26 bits per heavy atom. The first-order valence-electron chi connectivity index (χ1n) is 11.7. The number of amides is 1. The standard InChI is InChI=1S/C24H26N6O3S2/c1-4-30-16-9-7-6-8-14(16)20-21(30)26-24(28-27-20)34-13-18(31)25-22-19(23(32)33-5-2)15-10-11-29(3)12-17(15)35-22/h6-9H,4-5,10-13H2,1-3H3,(H,25,31)/p+1. The van der Waals surface area contributed by atoms with E-state index >= 15 is 0 Å². The minimum atomic E-state index is -0.377. The molecule has 3 aromatic heterocycles. The van der Waals surface area contributed by atoms with Crippen LogP contribution in [0.25, 0.3) is 22.1 Å². The third kappa shape index (κ3) is 4.51. The number of carbonyl (C=O) groups excluding carboxylic acids is 2. The van der Waals surface area contributed by atoms with Crippen LogP contribution in [-0.2, 0) is 29.0 Å². The van der Waals surface area contributed by atoms with Crippen LogP contribution in [-0.4, -0.2) is 57.6 Å². The zero-order valence-electron chi connectivity index (χ0n) is 19.9. The molecular weight excluding hydrogens is 484 g/mol. The Labute approximate surface area is 210 Å². The van der Waals surface area contributed by atoms with Crippen molar-refractivity contribution in [2.45, 2.75) is 38.5 Å². The number of carbonyl (C=O) groups is 2. The molecule has 2 N–H and O–H groups in total. The van der Waals surface area contributed by atoms with E-state index in [-0.39, 0.29) is 17.6 Å². The molecule has 11 heteroatoms. The Kier molecular flexibility index (Phi) is 6.72. The van der Waals surface area contributed by atoms with E-state index in [1.54, 1.807) is 6.92 Å². The Bertz CT molecular complexity index is 1430. The van der Waals surface area contributed by atoms with Gasteiger partial charge < -0.3 is 19.5 Å². The van der Waals surface area contributed by atoms with Gasteiger partial charge in [0.2, 0.25) is 11.1 Å². The van der Waals surface area contributed by atoms with Gasteiger partial charge in [0.1, 0.15) is 17.1 Å². The maximum atomic E-state index is 12.9. The Morgan fingerprint density at radius 3 is 2.89 bits per heavy atom. The second kappa shape index (κ2) is 9.92. The average Bonchev–Trinajstić information content (AvgIpc) is 3.36. The second-order valence-electron chi connectivity index (χ2n) is 8.43. The van der Waals surface area contributed by atoms with Gasteiger partial charge in [-0.3, -0.25) is 4.79 Å². The van der Waals surface area contributed by atoms with Crippen LogP contribution < -0.4 is 10.2 Å². The highest BCUT2D eigenvalue weighted by molar-refractivity contribution is 7.99. The first-order valence-corrected chi connectivity index (χ1v) is 13.5. The van der Waals surface area contributed by atoms with Crippen molar-refractivity contribution < 1.29 is 19.2 Å². The Balaban J connectivity index is 1.35. The minimum absolute atomic E-state index is 0.107. The Morgan fingerprint density at radius 2 is 2.09 bits per heavy atom. The number of ether oxygens (including phenoxy) is 1. The lowest BCUT2D eigenvalue weighted by molar-refractivity contribution is -0.895. The maximum absolute atomic E-state index is 12.9. The van der Waals surface area contributed by atoms with Gasteiger partial charge >= 0.3 is 5.97 Å². The molecule has 1 amide bonds. The summed E-state index contributed by atoms with van der Waals surface area (Å²) >= 11 is 2.69. The van der Waals surface area contributed by atoms with Crippen molar-refractivity contribution in [2.75, 3.05) is 31.3 Å². The Hall–Kier alpha value is -3.02. The van der Waals surface area contributed by atoms with Gasteiger partial charge in [-0.25, -0.2) is 9.78 Å². The van der Waals surface area contributed by atoms with E-state index in [0.717, 1.165) is 58.6 Å². The fourth-order valence-corrected chi connectivity index (χ4v) is 6.44. The molecule has 0 saturated heterocycles. The number of para-hydroxylation sites is 1. The third-order valence-electron chi connectivity index (χ3n) is 6.09. The maximum Gasteiger partial charge on any atom is 0.341 e. The first-order chi connectivity index (χ1) is 17.0. The molecule has 182 valence electrons. The highest BCUT2D eigenvalue weighted by atomic mass is 32.2. The normalized spacial score (nSPS) is 15.3. The highest BCUT2D eigenvalue weighted by Crippen LogP contribution is 2.35. The van der Waals surface area contributed by atoms with Gasteiger partial charge in [0.15, 0.2) is 5.65 Å². The molecule has 4 aromatic rings. The van der Waals surface area contributed by atoms with Crippen LogP contribution in [0.2, 0.25) is 0 Å². The largest absolute Gasteiger partial charge is 0.462 e. The average molecular weight is 512 g/mol. The molecule has 0 aliphatic carbocycles. The number of thioether (sulfide) groups is 1. The molecule has 5 rings (SSSR count). The number of likely N-dealkylation sites (N-methyl/N-ethyl adjacent to an activating group) is 1. The number of nitrogens with one attached hydrogen (secondary N) is 2. The van der Waals surface area contributed by atoms with Gasteiger partial charge in [0.05, 0.1) is 41.9 Å². The molecule has 0 saturated carbocycles. The molecule has 0 fully saturated rings. The number of rotatable bonds is 7. The van der Waals surface area contributed by atoms with E-state index in [4.69, 9.17) is 9.72 Å². The molecule has 35 heavy (non-hydrogen) atoms. The van der Waals surface area contributed by atoms with Gasteiger partial charge in [0, 0.05) is 18.4 Å². The number of benzene rings is 1. The number of aryl methyl sites for hydroxylation is 1. The fraction of sp³-hybridized carbons (Fsp3) is 0.375. The van der Waals surface area contributed by atoms with Crippen molar-refractivity contribution in [3.63, 3.8) is 0 Å². The molecule has 1 aliphatic rings. The lowest BCUT2D eigenvalue weighted by Crippen LogP contribution is -3.08. The fourth-order valence-electron chi connectivity index (χ4n) is 4.49. The number of anilines is 1. The van der Waals surface area contributed by atoms with Crippen molar-refractivity contribution in [1.82, 2.24) is 19.7 Å². The summed E-state index contributed by atoms with van der Waals surface area (Å²) in [6.07, 6.45) is 0.793. The number of hydrogen-bond acceptors (Lipinski definition) is 8. The van der Waals surface area contributed by atoms with E-state index in [1.807, 2.05) is 24.3 Å². The van der Waals surface area contributed by atoms with Gasteiger partial charge in [-0.2, -0.15) is 0 Å². The van der Waals surface area contributed by atoms with Crippen molar-refractivity contribution in [1.29, 1.82) is 0 Å². The topological polar surface area (TPSA) is 103 Å². The van der Waals surface area contributed by atoms with E-state index in [0.29, 0.717) is 22.3 Å². The van der Waals surface area contributed by atoms with Crippen LogP contribution in [0.4, 0.5) is 5.00 Å². The van der Waals surface area contributed by atoms with Crippen LogP contribution in [0.3, 0.4) is 0 Å². The summed E-state index contributed by atoms with van der Waals surface area (Å²) in [4.78, 5) is 32.8. The van der Waals surface area contributed by atoms with Crippen molar-refractivity contribution in [2.24, 2.45) is 0 Å². The lowest BCUT2D eigenvalue weighted by Gasteiger charge is -2.19. The summed E-state index contributed by atoms with van der Waals surface area (Å²) in [5.41, 5.74) is 4.09. The van der Waals surface area contributed by atoms with Crippen LogP contribution in [0, 0.1) is 0 Å². The van der Waals surface area contributed by atoms with Crippen LogP contribution in [0.15, 0.2) is 29.4 Å².